The van der Waals surface area contributed by atoms with Gasteiger partial charge < -0.3 is 5.73 Å². The normalized spacial score (nSPS) is 15.3. The molecule has 33 heavy (non-hydrogen) atoms. The molecule has 0 aromatic heterocycles. The van der Waals surface area contributed by atoms with Gasteiger partial charge in [-0.2, -0.15) is 12.6 Å². The third kappa shape index (κ3) is 6.28. The van der Waals surface area contributed by atoms with Crippen molar-refractivity contribution in [2.75, 3.05) is 0 Å². The summed E-state index contributed by atoms with van der Waals surface area (Å²) >= 11 is 4.62. The van der Waals surface area contributed by atoms with Crippen LogP contribution in [-0.2, 0) is 6.54 Å². The van der Waals surface area contributed by atoms with Gasteiger partial charge in [-0.15, -0.1) is 0 Å². The van der Waals surface area contributed by atoms with Crippen LogP contribution in [0.2, 0.25) is 0 Å². The zero-order valence-corrected chi connectivity index (χ0v) is 21.6. The summed E-state index contributed by atoms with van der Waals surface area (Å²) < 4.78 is 0. The van der Waals surface area contributed by atoms with Gasteiger partial charge in [-0.3, -0.25) is 0 Å². The summed E-state index contributed by atoms with van der Waals surface area (Å²) in [5, 5.41) is 1.98. The van der Waals surface area contributed by atoms with Gasteiger partial charge >= 0.3 is 0 Å². The van der Waals surface area contributed by atoms with Crippen molar-refractivity contribution < 1.29 is 0 Å². The second-order valence-electron chi connectivity index (χ2n) is 9.23. The Bertz CT molecular complexity index is 1130. The third-order valence-corrected chi connectivity index (χ3v) is 6.73. The van der Waals surface area contributed by atoms with Crippen LogP contribution in [0.3, 0.4) is 0 Å². The molecular formula is C31H37NS. The Morgan fingerprint density at radius 2 is 1.36 bits per heavy atom. The first-order chi connectivity index (χ1) is 15.8. The molecule has 0 saturated heterocycles. The van der Waals surface area contributed by atoms with E-state index in [4.69, 9.17) is 5.73 Å². The lowest BCUT2D eigenvalue weighted by molar-refractivity contribution is 0.899. The standard InChI is InChI=1S/C31H37NS/c1-21(2)31(18-24(5)27-15-11-25(19-32)12-16-27)30-8-6-7-29(30)28(20-33)17-23(4)26-13-9-22(3)10-14-26/h9-18,20,33H,6-8,19,32H2,1-5H3/b23-17+,24-18+,28-20+. The highest BCUT2D eigenvalue weighted by Crippen LogP contribution is 2.39. The lowest BCUT2D eigenvalue weighted by atomic mass is 9.91. The smallest absolute Gasteiger partial charge is 0.0178 e. The monoisotopic (exact) mass is 455 g/mol. The Morgan fingerprint density at radius 1 is 0.818 bits per heavy atom. The van der Waals surface area contributed by atoms with E-state index in [0.29, 0.717) is 6.54 Å². The summed E-state index contributed by atoms with van der Waals surface area (Å²) in [6.07, 6.45) is 8.04. The van der Waals surface area contributed by atoms with Gasteiger partial charge in [0.25, 0.3) is 0 Å². The Hall–Kier alpha value is -2.55. The molecule has 0 aliphatic heterocycles. The van der Waals surface area contributed by atoms with Crippen LogP contribution < -0.4 is 5.73 Å². The molecule has 2 aromatic carbocycles. The van der Waals surface area contributed by atoms with E-state index in [1.54, 1.807) is 0 Å². The topological polar surface area (TPSA) is 26.0 Å². The number of hydrogen-bond donors (Lipinski definition) is 2. The quantitative estimate of drug-likeness (QED) is 0.317. The van der Waals surface area contributed by atoms with Gasteiger partial charge in [0, 0.05) is 6.54 Å². The molecule has 2 heteroatoms. The molecule has 0 atom stereocenters. The van der Waals surface area contributed by atoms with Crippen molar-refractivity contribution in [3.8, 4) is 0 Å². The van der Waals surface area contributed by atoms with Crippen molar-refractivity contribution in [3.05, 3.63) is 116 Å². The van der Waals surface area contributed by atoms with Crippen LogP contribution in [0.25, 0.3) is 11.1 Å². The summed E-state index contributed by atoms with van der Waals surface area (Å²) in [7, 11) is 0. The van der Waals surface area contributed by atoms with Gasteiger partial charge in [-0.1, -0.05) is 71.8 Å². The molecule has 2 aromatic rings. The maximum absolute atomic E-state index is 5.77. The predicted octanol–water partition coefficient (Wildman–Crippen LogP) is 8.59. The van der Waals surface area contributed by atoms with Gasteiger partial charge in [0.1, 0.15) is 0 Å². The number of benzene rings is 2. The van der Waals surface area contributed by atoms with E-state index in [-0.39, 0.29) is 0 Å². The fraction of sp³-hybridized carbons (Fsp3) is 0.290. The summed E-state index contributed by atoms with van der Waals surface area (Å²) in [4.78, 5) is 0. The molecule has 0 spiro atoms. The van der Waals surface area contributed by atoms with Crippen LogP contribution in [0.1, 0.15) is 69.2 Å². The van der Waals surface area contributed by atoms with Gasteiger partial charge in [0.15, 0.2) is 0 Å². The second kappa shape index (κ2) is 11.5. The molecule has 1 aliphatic carbocycles. The van der Waals surface area contributed by atoms with E-state index in [1.807, 2.05) is 5.41 Å². The minimum Gasteiger partial charge on any atom is -0.326 e. The molecule has 0 bridgehead atoms. The number of nitrogens with two attached hydrogens (primary N) is 1. The van der Waals surface area contributed by atoms with Crippen molar-refractivity contribution in [2.45, 2.75) is 60.4 Å². The van der Waals surface area contributed by atoms with Gasteiger partial charge in [-0.05, 0) is 109 Å². The van der Waals surface area contributed by atoms with Gasteiger partial charge in [-0.25, -0.2) is 0 Å². The number of thiol groups is 1. The summed E-state index contributed by atoms with van der Waals surface area (Å²) in [5.41, 5.74) is 20.1. The second-order valence-corrected chi connectivity index (χ2v) is 9.49. The average Bonchev–Trinajstić information content (AvgIpc) is 3.30. The van der Waals surface area contributed by atoms with Crippen molar-refractivity contribution >= 4 is 23.8 Å². The zero-order valence-electron chi connectivity index (χ0n) is 20.7. The maximum Gasteiger partial charge on any atom is 0.0178 e. The van der Waals surface area contributed by atoms with Crippen LogP contribution in [0.4, 0.5) is 0 Å². The molecule has 0 fully saturated rings. The van der Waals surface area contributed by atoms with Gasteiger partial charge in [0.2, 0.25) is 0 Å². The van der Waals surface area contributed by atoms with Crippen LogP contribution >= 0.6 is 12.6 Å². The molecule has 0 heterocycles. The summed E-state index contributed by atoms with van der Waals surface area (Å²) in [6, 6.07) is 17.3. The van der Waals surface area contributed by atoms with Crippen LogP contribution in [0.5, 0.6) is 0 Å². The highest BCUT2D eigenvalue weighted by Gasteiger charge is 2.20. The minimum atomic E-state index is 0.576. The minimum absolute atomic E-state index is 0.576. The van der Waals surface area contributed by atoms with Crippen molar-refractivity contribution in [3.63, 3.8) is 0 Å². The van der Waals surface area contributed by atoms with E-state index in [9.17, 15) is 0 Å². The Morgan fingerprint density at radius 3 is 1.91 bits per heavy atom. The van der Waals surface area contributed by atoms with Crippen LogP contribution in [0.15, 0.2) is 94.0 Å². The lowest BCUT2D eigenvalue weighted by Crippen LogP contribution is -1.96. The molecule has 2 N–H and O–H groups in total. The molecule has 1 aliphatic rings. The fourth-order valence-corrected chi connectivity index (χ4v) is 4.66. The molecule has 0 unspecified atom stereocenters. The summed E-state index contributed by atoms with van der Waals surface area (Å²) in [6.45, 7) is 11.5. The molecule has 0 amide bonds. The number of hydrogen-bond acceptors (Lipinski definition) is 2. The molecule has 172 valence electrons. The maximum atomic E-state index is 5.77. The SMILES string of the molecule is CC(C)=C(/C=C(\C)c1ccc(CN)cc1)C1=C(C(=C/S)/C=C(\C)c2ccc(C)cc2)CCC1. The zero-order chi connectivity index (χ0) is 24.0. The highest BCUT2D eigenvalue weighted by atomic mass is 32.1. The largest absolute Gasteiger partial charge is 0.326 e. The van der Waals surface area contributed by atoms with Crippen molar-refractivity contribution in [1.29, 1.82) is 0 Å². The number of aryl methyl sites for hydroxylation is 1. The lowest BCUT2D eigenvalue weighted by Gasteiger charge is -2.15. The van der Waals surface area contributed by atoms with E-state index in [2.05, 4.69) is 108 Å². The van der Waals surface area contributed by atoms with Crippen LogP contribution in [-0.4, -0.2) is 0 Å². The van der Waals surface area contributed by atoms with E-state index < -0.39 is 0 Å². The van der Waals surface area contributed by atoms with E-state index in [0.717, 1.165) is 18.4 Å². The first kappa shape index (κ1) is 25.1. The van der Waals surface area contributed by atoms with Gasteiger partial charge in [0.05, 0.1) is 0 Å². The molecule has 0 saturated carbocycles. The first-order valence-electron chi connectivity index (χ1n) is 11.8. The predicted molar refractivity (Wildman–Crippen MR) is 149 cm³/mol. The molecule has 0 radical (unpaired) electrons. The Balaban J connectivity index is 1.99. The van der Waals surface area contributed by atoms with E-state index >= 15 is 0 Å². The molecule has 1 nitrogen and oxygen atoms in total. The Kier molecular flexibility index (Phi) is 8.77. The highest BCUT2D eigenvalue weighted by molar-refractivity contribution is 7.83. The van der Waals surface area contributed by atoms with Crippen molar-refractivity contribution in [2.24, 2.45) is 5.73 Å². The average molecular weight is 456 g/mol. The summed E-state index contributed by atoms with van der Waals surface area (Å²) in [5.74, 6) is 0. The van der Waals surface area contributed by atoms with E-state index in [1.165, 1.54) is 62.1 Å². The number of allylic oxidation sites excluding steroid dienone is 9. The number of rotatable bonds is 7. The van der Waals surface area contributed by atoms with Crippen molar-refractivity contribution in [1.82, 2.24) is 0 Å². The first-order valence-corrected chi connectivity index (χ1v) is 12.3. The fourth-order valence-electron chi connectivity index (χ4n) is 4.43. The third-order valence-electron chi connectivity index (χ3n) is 6.45. The Labute approximate surface area is 205 Å². The van der Waals surface area contributed by atoms with Crippen LogP contribution in [0, 0.1) is 6.92 Å². The molecule has 3 rings (SSSR count). The molecular weight excluding hydrogens is 418 g/mol.